The van der Waals surface area contributed by atoms with Crippen molar-refractivity contribution >= 4 is 22.9 Å². The molecule has 2 unspecified atom stereocenters. The lowest BCUT2D eigenvalue weighted by Gasteiger charge is -2.15. The minimum Gasteiger partial charge on any atom is -0.384 e. The number of ether oxygens (including phenoxy) is 1. The van der Waals surface area contributed by atoms with Crippen molar-refractivity contribution < 1.29 is 4.74 Å². The Balaban J connectivity index is 2.32. The van der Waals surface area contributed by atoms with Gasteiger partial charge >= 0.3 is 0 Å². The van der Waals surface area contributed by atoms with Gasteiger partial charge in [0.15, 0.2) is 0 Å². The van der Waals surface area contributed by atoms with Gasteiger partial charge in [-0.15, -0.1) is 11.3 Å². The average molecular weight is 248 g/mol. The van der Waals surface area contributed by atoms with E-state index in [1.165, 1.54) is 4.88 Å². The van der Waals surface area contributed by atoms with E-state index in [-0.39, 0.29) is 6.04 Å². The Hall–Kier alpha value is -0.0900. The summed E-state index contributed by atoms with van der Waals surface area (Å²) >= 11 is 7.47. The third kappa shape index (κ3) is 4.98. The zero-order valence-corrected chi connectivity index (χ0v) is 10.8. The number of thiophene rings is 1. The number of halogens is 1. The van der Waals surface area contributed by atoms with E-state index in [9.17, 15) is 0 Å². The first kappa shape index (κ1) is 13.0. The molecule has 0 amide bonds. The van der Waals surface area contributed by atoms with Crippen LogP contribution in [0.1, 0.15) is 18.2 Å². The molecule has 2 N–H and O–H groups in total. The van der Waals surface area contributed by atoms with Gasteiger partial charge in [0.25, 0.3) is 0 Å². The molecule has 2 atom stereocenters. The highest BCUT2D eigenvalue weighted by Crippen LogP contribution is 2.23. The summed E-state index contributed by atoms with van der Waals surface area (Å²) in [5.74, 6) is 0.514. The Morgan fingerprint density at radius 3 is 2.80 bits per heavy atom. The van der Waals surface area contributed by atoms with E-state index >= 15 is 0 Å². The third-order valence-electron chi connectivity index (χ3n) is 2.25. The molecule has 0 saturated carbocycles. The summed E-state index contributed by atoms with van der Waals surface area (Å²) in [5.41, 5.74) is 6.05. The van der Waals surface area contributed by atoms with E-state index < -0.39 is 0 Å². The maximum absolute atomic E-state index is 6.05. The summed E-state index contributed by atoms with van der Waals surface area (Å²) in [6.07, 6.45) is 1.90. The number of methoxy groups -OCH3 is 1. The first-order valence-electron chi connectivity index (χ1n) is 5.10. The van der Waals surface area contributed by atoms with Crippen LogP contribution in [0.25, 0.3) is 0 Å². The summed E-state index contributed by atoms with van der Waals surface area (Å²) in [5, 5.41) is 0. The highest BCUT2D eigenvalue weighted by atomic mass is 35.5. The number of rotatable bonds is 6. The second-order valence-electron chi connectivity index (χ2n) is 3.97. The van der Waals surface area contributed by atoms with Crippen molar-refractivity contribution in [2.45, 2.75) is 25.8 Å². The Kier molecular flexibility index (Phi) is 5.61. The van der Waals surface area contributed by atoms with Crippen molar-refractivity contribution in [2.24, 2.45) is 11.7 Å². The van der Waals surface area contributed by atoms with E-state index in [1.807, 2.05) is 12.1 Å². The largest absolute Gasteiger partial charge is 0.384 e. The molecule has 0 aliphatic heterocycles. The summed E-state index contributed by atoms with van der Waals surface area (Å²) in [7, 11) is 1.72. The fraction of sp³-hybridized carbons (Fsp3) is 0.636. The Morgan fingerprint density at radius 1 is 1.53 bits per heavy atom. The molecule has 0 bridgehead atoms. The Bertz CT molecular complexity index is 290. The van der Waals surface area contributed by atoms with Crippen molar-refractivity contribution in [1.29, 1.82) is 0 Å². The van der Waals surface area contributed by atoms with Crippen molar-refractivity contribution in [2.75, 3.05) is 13.7 Å². The zero-order valence-electron chi connectivity index (χ0n) is 9.20. The lowest BCUT2D eigenvalue weighted by molar-refractivity contribution is 0.152. The summed E-state index contributed by atoms with van der Waals surface area (Å²) in [6, 6.07) is 4.17. The van der Waals surface area contributed by atoms with Gasteiger partial charge < -0.3 is 10.5 Å². The van der Waals surface area contributed by atoms with Gasteiger partial charge in [-0.3, -0.25) is 0 Å². The number of nitrogens with two attached hydrogens (primary N) is 1. The molecule has 86 valence electrons. The second kappa shape index (κ2) is 6.48. The molecule has 0 radical (unpaired) electrons. The van der Waals surface area contributed by atoms with Gasteiger partial charge in [0.05, 0.1) is 4.34 Å². The molecule has 1 aromatic rings. The molecule has 0 fully saturated rings. The number of hydrogen-bond donors (Lipinski definition) is 1. The normalized spacial score (nSPS) is 15.2. The minimum atomic E-state index is 0.199. The van der Waals surface area contributed by atoms with E-state index in [2.05, 4.69) is 6.92 Å². The third-order valence-corrected chi connectivity index (χ3v) is 3.50. The van der Waals surface area contributed by atoms with E-state index in [0.29, 0.717) is 5.92 Å². The first-order valence-corrected chi connectivity index (χ1v) is 6.30. The monoisotopic (exact) mass is 247 g/mol. The summed E-state index contributed by atoms with van der Waals surface area (Å²) < 4.78 is 5.92. The molecule has 0 saturated heterocycles. The summed E-state index contributed by atoms with van der Waals surface area (Å²) in [4.78, 5) is 1.26. The van der Waals surface area contributed by atoms with Crippen LogP contribution in [-0.4, -0.2) is 19.8 Å². The van der Waals surface area contributed by atoms with Crippen molar-refractivity contribution in [3.63, 3.8) is 0 Å². The molecule has 2 nitrogen and oxygen atoms in total. The minimum absolute atomic E-state index is 0.199. The number of hydrogen-bond acceptors (Lipinski definition) is 3. The maximum atomic E-state index is 6.05. The Labute approximate surface area is 100 Å². The fourth-order valence-electron chi connectivity index (χ4n) is 1.67. The van der Waals surface area contributed by atoms with Gasteiger partial charge in [0.1, 0.15) is 0 Å². The highest BCUT2D eigenvalue weighted by molar-refractivity contribution is 7.16. The lowest BCUT2D eigenvalue weighted by atomic mass is 10.0. The standard InChI is InChI=1S/C11H18ClNOS/c1-8(7-14-2)5-9(13)6-10-3-4-11(12)15-10/h3-4,8-9H,5-7,13H2,1-2H3. The lowest BCUT2D eigenvalue weighted by Crippen LogP contribution is -2.26. The second-order valence-corrected chi connectivity index (χ2v) is 5.77. The molecule has 4 heteroatoms. The topological polar surface area (TPSA) is 35.2 Å². The van der Waals surface area contributed by atoms with E-state index in [1.54, 1.807) is 18.4 Å². The molecule has 1 rings (SSSR count). The molecule has 0 aliphatic carbocycles. The predicted octanol–water partition coefficient (Wildman–Crippen LogP) is 2.94. The quantitative estimate of drug-likeness (QED) is 0.839. The maximum Gasteiger partial charge on any atom is 0.0931 e. The van der Waals surface area contributed by atoms with Crippen LogP contribution in [0.5, 0.6) is 0 Å². The molecule has 1 aromatic heterocycles. The molecule has 0 spiro atoms. The molecular formula is C11H18ClNOS. The van der Waals surface area contributed by atoms with Gasteiger partial charge in [-0.2, -0.15) is 0 Å². The first-order chi connectivity index (χ1) is 7.11. The van der Waals surface area contributed by atoms with Crippen LogP contribution in [0.15, 0.2) is 12.1 Å². The van der Waals surface area contributed by atoms with Crippen molar-refractivity contribution in [1.82, 2.24) is 0 Å². The van der Waals surface area contributed by atoms with Crippen LogP contribution in [0.2, 0.25) is 4.34 Å². The van der Waals surface area contributed by atoms with Gasteiger partial charge in [0, 0.05) is 24.6 Å². The molecule has 0 aromatic carbocycles. The van der Waals surface area contributed by atoms with Gasteiger partial charge in [-0.1, -0.05) is 18.5 Å². The van der Waals surface area contributed by atoms with Gasteiger partial charge in [-0.05, 0) is 30.9 Å². The fourth-order valence-corrected chi connectivity index (χ4v) is 2.85. The zero-order chi connectivity index (χ0) is 11.3. The van der Waals surface area contributed by atoms with Crippen LogP contribution in [0.3, 0.4) is 0 Å². The van der Waals surface area contributed by atoms with Crippen molar-refractivity contribution in [3.8, 4) is 0 Å². The molecule has 0 aliphatic rings. The van der Waals surface area contributed by atoms with Crippen molar-refractivity contribution in [3.05, 3.63) is 21.3 Å². The van der Waals surface area contributed by atoms with Crippen LogP contribution >= 0.6 is 22.9 Å². The van der Waals surface area contributed by atoms with Crippen LogP contribution in [0, 0.1) is 5.92 Å². The molecular weight excluding hydrogens is 230 g/mol. The Morgan fingerprint density at radius 2 is 2.27 bits per heavy atom. The van der Waals surface area contributed by atoms with Crippen LogP contribution < -0.4 is 5.73 Å². The van der Waals surface area contributed by atoms with Crippen LogP contribution in [-0.2, 0) is 11.2 Å². The van der Waals surface area contributed by atoms with Gasteiger partial charge in [-0.25, -0.2) is 0 Å². The van der Waals surface area contributed by atoms with E-state index in [4.69, 9.17) is 22.1 Å². The summed E-state index contributed by atoms with van der Waals surface area (Å²) in [6.45, 7) is 2.93. The smallest absolute Gasteiger partial charge is 0.0931 e. The average Bonchev–Trinajstić information content (AvgIpc) is 2.51. The molecule has 15 heavy (non-hydrogen) atoms. The SMILES string of the molecule is COCC(C)CC(N)Cc1ccc(Cl)s1. The predicted molar refractivity (Wildman–Crippen MR) is 66.7 cm³/mol. The van der Waals surface area contributed by atoms with E-state index in [0.717, 1.165) is 23.8 Å². The highest BCUT2D eigenvalue weighted by Gasteiger charge is 2.10. The molecule has 1 heterocycles. The van der Waals surface area contributed by atoms with Gasteiger partial charge in [0.2, 0.25) is 0 Å². The van der Waals surface area contributed by atoms with Crippen LogP contribution in [0.4, 0.5) is 0 Å².